The minimum Gasteiger partial charge on any atom is -0.326 e. The molecule has 0 amide bonds. The van der Waals surface area contributed by atoms with Crippen molar-refractivity contribution in [3.05, 3.63) is 28.5 Å². The lowest BCUT2D eigenvalue weighted by Gasteiger charge is -2.27. The number of imidazole rings is 1. The summed E-state index contributed by atoms with van der Waals surface area (Å²) >= 11 is 9.89. The van der Waals surface area contributed by atoms with Gasteiger partial charge in [-0.2, -0.15) is 0 Å². The zero-order valence-electron chi connectivity index (χ0n) is 12.6. The smallest absolute Gasteiger partial charge is 0.127 e. The number of alkyl halides is 1. The van der Waals surface area contributed by atoms with Crippen molar-refractivity contribution in [1.82, 2.24) is 9.55 Å². The van der Waals surface area contributed by atoms with Crippen molar-refractivity contribution in [3.8, 4) is 0 Å². The minimum atomic E-state index is -0.0568. The normalized spacial score (nSPS) is 24.4. The molecule has 0 spiro atoms. The van der Waals surface area contributed by atoms with Crippen LogP contribution in [-0.4, -0.2) is 9.55 Å². The van der Waals surface area contributed by atoms with Crippen LogP contribution in [0.15, 0.2) is 22.7 Å². The Labute approximate surface area is 140 Å². The van der Waals surface area contributed by atoms with E-state index in [2.05, 4.69) is 45.6 Å². The Morgan fingerprint density at radius 1 is 1.33 bits per heavy atom. The molecule has 2 nitrogen and oxygen atoms in total. The van der Waals surface area contributed by atoms with Crippen LogP contribution in [0.25, 0.3) is 11.0 Å². The SMILES string of the molecule is CC1CCC(Cn2c(C(C)Cl)nc3cc(Br)ccc32)CC1. The van der Waals surface area contributed by atoms with Gasteiger partial charge in [0.05, 0.1) is 16.4 Å². The molecule has 21 heavy (non-hydrogen) atoms. The lowest BCUT2D eigenvalue weighted by molar-refractivity contribution is 0.265. The highest BCUT2D eigenvalue weighted by molar-refractivity contribution is 9.10. The largest absolute Gasteiger partial charge is 0.326 e. The molecule has 1 fully saturated rings. The van der Waals surface area contributed by atoms with Crippen LogP contribution in [0.5, 0.6) is 0 Å². The monoisotopic (exact) mass is 368 g/mol. The number of benzene rings is 1. The van der Waals surface area contributed by atoms with E-state index in [-0.39, 0.29) is 5.38 Å². The van der Waals surface area contributed by atoms with Crippen LogP contribution in [-0.2, 0) is 6.54 Å². The molecule has 1 heterocycles. The fourth-order valence-electron chi connectivity index (χ4n) is 3.39. The Bertz CT molecular complexity index is 627. The van der Waals surface area contributed by atoms with Crippen LogP contribution < -0.4 is 0 Å². The van der Waals surface area contributed by atoms with Gasteiger partial charge in [-0.3, -0.25) is 0 Å². The zero-order chi connectivity index (χ0) is 15.0. The van der Waals surface area contributed by atoms with Gasteiger partial charge in [-0.15, -0.1) is 11.6 Å². The molecule has 1 aromatic heterocycles. The molecule has 1 aliphatic carbocycles. The van der Waals surface area contributed by atoms with E-state index in [1.165, 1.54) is 31.2 Å². The van der Waals surface area contributed by atoms with Crippen molar-refractivity contribution in [2.24, 2.45) is 11.8 Å². The number of hydrogen-bond acceptors (Lipinski definition) is 1. The Balaban J connectivity index is 1.93. The molecule has 2 aromatic rings. The molecule has 0 N–H and O–H groups in total. The molecule has 1 aromatic carbocycles. The van der Waals surface area contributed by atoms with Gasteiger partial charge in [-0.25, -0.2) is 4.98 Å². The second kappa shape index (κ2) is 6.29. The van der Waals surface area contributed by atoms with E-state index >= 15 is 0 Å². The van der Waals surface area contributed by atoms with Gasteiger partial charge in [0.2, 0.25) is 0 Å². The molecule has 1 aliphatic rings. The van der Waals surface area contributed by atoms with Gasteiger partial charge in [0.25, 0.3) is 0 Å². The highest BCUT2D eigenvalue weighted by Gasteiger charge is 2.22. The Morgan fingerprint density at radius 2 is 2.05 bits per heavy atom. The molecule has 0 radical (unpaired) electrons. The van der Waals surface area contributed by atoms with Crippen LogP contribution >= 0.6 is 27.5 Å². The van der Waals surface area contributed by atoms with Crippen molar-refractivity contribution in [2.45, 2.75) is 51.5 Å². The number of halogens is 2. The maximum Gasteiger partial charge on any atom is 0.127 e. The van der Waals surface area contributed by atoms with E-state index in [9.17, 15) is 0 Å². The predicted octanol–water partition coefficient (Wildman–Crippen LogP) is 5.92. The fourth-order valence-corrected chi connectivity index (χ4v) is 3.90. The van der Waals surface area contributed by atoms with Crippen LogP contribution in [0.4, 0.5) is 0 Å². The number of rotatable bonds is 3. The molecule has 1 unspecified atom stereocenters. The van der Waals surface area contributed by atoms with Gasteiger partial charge in [-0.1, -0.05) is 35.7 Å². The summed E-state index contributed by atoms with van der Waals surface area (Å²) in [5.41, 5.74) is 2.25. The Hall–Kier alpha value is -0.540. The summed E-state index contributed by atoms with van der Waals surface area (Å²) in [4.78, 5) is 4.75. The summed E-state index contributed by atoms with van der Waals surface area (Å²) in [5.74, 6) is 2.66. The third-order valence-electron chi connectivity index (χ3n) is 4.67. The predicted molar refractivity (Wildman–Crippen MR) is 92.8 cm³/mol. The molecule has 0 saturated heterocycles. The number of nitrogens with zero attached hydrogens (tertiary/aromatic N) is 2. The van der Waals surface area contributed by atoms with Crippen molar-refractivity contribution >= 4 is 38.6 Å². The zero-order valence-corrected chi connectivity index (χ0v) is 15.0. The minimum absolute atomic E-state index is 0.0568. The Kier molecular flexibility index (Phi) is 4.60. The summed E-state index contributed by atoms with van der Waals surface area (Å²) in [5, 5.41) is -0.0568. The van der Waals surface area contributed by atoms with Gasteiger partial charge in [0.1, 0.15) is 5.82 Å². The van der Waals surface area contributed by atoms with Gasteiger partial charge < -0.3 is 4.57 Å². The summed E-state index contributed by atoms with van der Waals surface area (Å²) in [6.07, 6.45) is 5.37. The summed E-state index contributed by atoms with van der Waals surface area (Å²) in [6.45, 7) is 5.43. The number of hydrogen-bond donors (Lipinski definition) is 0. The first-order valence-corrected chi connectivity index (χ1v) is 9.07. The van der Waals surface area contributed by atoms with E-state index in [1.54, 1.807) is 0 Å². The molecule has 114 valence electrons. The van der Waals surface area contributed by atoms with E-state index in [0.29, 0.717) is 0 Å². The molecule has 1 saturated carbocycles. The van der Waals surface area contributed by atoms with Crippen LogP contribution in [0.1, 0.15) is 50.7 Å². The van der Waals surface area contributed by atoms with Crippen molar-refractivity contribution in [2.75, 3.05) is 0 Å². The first-order chi connectivity index (χ1) is 10.0. The number of aromatic nitrogens is 2. The van der Waals surface area contributed by atoms with Crippen molar-refractivity contribution in [1.29, 1.82) is 0 Å². The molecule has 0 bridgehead atoms. The van der Waals surface area contributed by atoms with Crippen LogP contribution in [0.3, 0.4) is 0 Å². The average molecular weight is 370 g/mol. The Morgan fingerprint density at radius 3 is 2.71 bits per heavy atom. The van der Waals surface area contributed by atoms with Gasteiger partial charge in [0, 0.05) is 11.0 Å². The van der Waals surface area contributed by atoms with E-state index in [0.717, 1.165) is 34.2 Å². The second-order valence-corrected chi connectivity index (χ2v) is 8.03. The van der Waals surface area contributed by atoms with E-state index < -0.39 is 0 Å². The first-order valence-electron chi connectivity index (χ1n) is 7.84. The number of fused-ring (bicyclic) bond motifs is 1. The maximum absolute atomic E-state index is 6.37. The first kappa shape index (κ1) is 15.4. The van der Waals surface area contributed by atoms with Crippen molar-refractivity contribution in [3.63, 3.8) is 0 Å². The standard InChI is InChI=1S/C17H22BrClN2/c1-11-3-5-13(6-4-11)10-21-16-8-7-14(18)9-15(16)20-17(21)12(2)19/h7-9,11-13H,3-6,10H2,1-2H3. The molecule has 4 heteroatoms. The fraction of sp³-hybridized carbons (Fsp3) is 0.588. The van der Waals surface area contributed by atoms with Crippen LogP contribution in [0, 0.1) is 11.8 Å². The lowest BCUT2D eigenvalue weighted by Crippen LogP contribution is -2.19. The highest BCUT2D eigenvalue weighted by atomic mass is 79.9. The third kappa shape index (κ3) is 3.29. The summed E-state index contributed by atoms with van der Waals surface area (Å²) < 4.78 is 3.42. The van der Waals surface area contributed by atoms with E-state index in [1.807, 2.05) is 6.92 Å². The van der Waals surface area contributed by atoms with Gasteiger partial charge >= 0.3 is 0 Å². The average Bonchev–Trinajstić information content (AvgIpc) is 2.79. The van der Waals surface area contributed by atoms with Crippen molar-refractivity contribution < 1.29 is 0 Å². The van der Waals surface area contributed by atoms with Crippen LogP contribution in [0.2, 0.25) is 0 Å². The molecule has 3 rings (SSSR count). The quantitative estimate of drug-likeness (QED) is 0.613. The lowest BCUT2D eigenvalue weighted by atomic mass is 9.83. The maximum atomic E-state index is 6.37. The third-order valence-corrected chi connectivity index (χ3v) is 5.36. The van der Waals surface area contributed by atoms with E-state index in [4.69, 9.17) is 16.6 Å². The second-order valence-electron chi connectivity index (χ2n) is 6.46. The summed E-state index contributed by atoms with van der Waals surface area (Å²) in [7, 11) is 0. The molecule has 1 atom stereocenters. The van der Waals surface area contributed by atoms with Gasteiger partial charge in [-0.05, 0) is 49.8 Å². The molecular formula is C17H22BrClN2. The topological polar surface area (TPSA) is 17.8 Å². The van der Waals surface area contributed by atoms with Gasteiger partial charge in [0.15, 0.2) is 0 Å². The molecule has 0 aliphatic heterocycles. The highest BCUT2D eigenvalue weighted by Crippen LogP contribution is 2.33. The molecular weight excluding hydrogens is 348 g/mol. The summed E-state index contributed by atoms with van der Waals surface area (Å²) in [6, 6.07) is 6.32.